The Morgan fingerprint density at radius 2 is 1.65 bits per heavy atom. The quantitative estimate of drug-likeness (QED) is 0.0693. The van der Waals surface area contributed by atoms with E-state index >= 15 is 0 Å². The van der Waals surface area contributed by atoms with Crippen LogP contribution in [0.3, 0.4) is 0 Å². The minimum atomic E-state index is -0.733. The third kappa shape index (κ3) is 9.72. The van der Waals surface area contributed by atoms with Crippen LogP contribution in [0, 0.1) is 5.92 Å². The van der Waals surface area contributed by atoms with Crippen molar-refractivity contribution in [1.82, 2.24) is 9.97 Å². The molecule has 3 aromatic carbocycles. The van der Waals surface area contributed by atoms with E-state index < -0.39 is 12.0 Å². The Bertz CT molecular complexity index is 2330. The number of nitrogens with one attached hydrogen (secondary N) is 3. The van der Waals surface area contributed by atoms with E-state index in [4.69, 9.17) is 4.74 Å². The zero-order chi connectivity index (χ0) is 41.6. The fraction of sp³-hybridized carbons (Fsp3) is 0.400. The van der Waals surface area contributed by atoms with Gasteiger partial charge < -0.3 is 40.4 Å². The lowest BCUT2D eigenvalue weighted by Crippen LogP contribution is -2.33. The van der Waals surface area contributed by atoms with E-state index in [0.717, 1.165) is 93.7 Å². The highest BCUT2D eigenvalue weighted by atomic mass is 16.5. The number of ketones is 2. The van der Waals surface area contributed by atoms with Gasteiger partial charge in [-0.3, -0.25) is 9.59 Å². The molecule has 10 nitrogen and oxygen atoms in total. The number of carbonyl (C=O) groups excluding carboxylic acids is 2. The first-order valence-corrected chi connectivity index (χ1v) is 21.7. The Labute approximate surface area is 351 Å². The number of phenols is 2. The molecule has 4 bridgehead atoms. The van der Waals surface area contributed by atoms with Crippen LogP contribution in [0.2, 0.25) is 0 Å². The molecule has 3 heterocycles. The van der Waals surface area contributed by atoms with Gasteiger partial charge in [-0.2, -0.15) is 0 Å². The Morgan fingerprint density at radius 1 is 0.817 bits per heavy atom. The molecule has 1 aliphatic heterocycles. The highest BCUT2D eigenvalue weighted by Crippen LogP contribution is 2.43. The second kappa shape index (κ2) is 18.8. The molecule has 60 heavy (non-hydrogen) atoms. The third-order valence-corrected chi connectivity index (χ3v) is 12.7. The molecule has 0 amide bonds. The summed E-state index contributed by atoms with van der Waals surface area (Å²) in [6.07, 6.45) is 13.3. The van der Waals surface area contributed by atoms with Gasteiger partial charge in [-0.15, -0.1) is 0 Å². The van der Waals surface area contributed by atoms with Crippen molar-refractivity contribution in [3.05, 3.63) is 135 Å². The predicted octanol–water partition coefficient (Wildman–Crippen LogP) is 8.25. The average molecular weight is 812 g/mol. The topological polar surface area (TPSA) is 168 Å². The van der Waals surface area contributed by atoms with E-state index in [1.54, 1.807) is 18.2 Å². The number of phenolic OH excluding ortho intramolecular Hbond substituents is 2. The Balaban J connectivity index is 1.14. The average Bonchev–Trinajstić information content (AvgIpc) is 4.03. The maximum Gasteiger partial charge on any atom is 0.161 e. The van der Waals surface area contributed by atoms with Crippen LogP contribution in [0.5, 0.6) is 17.2 Å². The van der Waals surface area contributed by atoms with Crippen molar-refractivity contribution in [3.8, 4) is 17.2 Å². The van der Waals surface area contributed by atoms with Gasteiger partial charge in [0, 0.05) is 67.9 Å². The minimum absolute atomic E-state index is 0.0331. The fourth-order valence-electron chi connectivity index (χ4n) is 9.62. The fourth-order valence-corrected chi connectivity index (χ4v) is 9.62. The van der Waals surface area contributed by atoms with Gasteiger partial charge in [0.1, 0.15) is 23.1 Å². The van der Waals surface area contributed by atoms with Crippen molar-refractivity contribution in [2.24, 2.45) is 5.92 Å². The summed E-state index contributed by atoms with van der Waals surface area (Å²) in [7, 11) is 0. The summed E-state index contributed by atoms with van der Waals surface area (Å²) in [5, 5.41) is 46.5. The lowest BCUT2D eigenvalue weighted by molar-refractivity contribution is -0.129. The Hall–Kier alpha value is -5.58. The van der Waals surface area contributed by atoms with Crippen LogP contribution in [-0.4, -0.2) is 67.3 Å². The van der Waals surface area contributed by atoms with Crippen molar-refractivity contribution in [1.29, 1.82) is 0 Å². The number of hydrogen-bond donors (Lipinski definition) is 7. The van der Waals surface area contributed by atoms with Crippen molar-refractivity contribution in [3.63, 3.8) is 0 Å². The number of anilines is 1. The molecule has 10 heteroatoms. The lowest BCUT2D eigenvalue weighted by atomic mass is 9.71. The van der Waals surface area contributed by atoms with Gasteiger partial charge in [0.15, 0.2) is 11.5 Å². The van der Waals surface area contributed by atoms with Crippen LogP contribution in [0.1, 0.15) is 114 Å². The number of benzene rings is 3. The molecule has 3 atom stereocenters. The van der Waals surface area contributed by atoms with Crippen LogP contribution < -0.4 is 10.1 Å². The molecule has 0 radical (unpaired) electrons. The summed E-state index contributed by atoms with van der Waals surface area (Å²) in [4.78, 5) is 35.2. The summed E-state index contributed by atoms with van der Waals surface area (Å²) < 4.78 is 6.41. The third-order valence-electron chi connectivity index (χ3n) is 12.7. The molecule has 0 spiro atoms. The molecule has 2 aliphatic carbocycles. The first kappa shape index (κ1) is 41.2. The number of fused-ring (bicyclic) bond motifs is 7. The van der Waals surface area contributed by atoms with Crippen molar-refractivity contribution in [2.45, 2.75) is 108 Å². The number of ether oxygens (including phenoxy) is 1. The summed E-state index contributed by atoms with van der Waals surface area (Å²) in [6.45, 7) is 0.441. The SMILES string of the molecule is O=C1CCc2cc(c(O)c(OC3CCCC3)c2)Cc2ccc(CCCO)c(c2)Cc2cc[nH]c2NCC2=Cc3[nH]ccc3C(CC(O)CCc3cccc(O)c3)C2C(=O)C1. The first-order chi connectivity index (χ1) is 29.2. The van der Waals surface area contributed by atoms with Crippen molar-refractivity contribution in [2.75, 3.05) is 18.5 Å². The number of aliphatic hydroxyl groups is 2. The van der Waals surface area contributed by atoms with Crippen LogP contribution in [0.15, 0.2) is 84.7 Å². The highest BCUT2D eigenvalue weighted by molar-refractivity contribution is 6.02. The lowest BCUT2D eigenvalue weighted by Gasteiger charge is -2.34. The smallest absolute Gasteiger partial charge is 0.161 e. The molecule has 314 valence electrons. The standard InChI is InChI=1S/C50H57N3O7/c54-20-4-6-34-13-10-32-21-36(34)26-35-16-18-52-50(35)53-30-38-27-45-43(17-19-51-45)44(28-40(56)14-11-31-5-3-7-39(55)24-31)48(38)46(58)29-41(57)15-12-33-23-37(22-32)49(59)47(25-33)60-42-8-1-2-9-42/h3,5,7,10,13,16-19,21,23-25,27,40,42,44,48,51-56,59H,1-2,4,6,8-9,11-12,14-15,20,22,26,28-30H2. The largest absolute Gasteiger partial charge is 0.508 e. The zero-order valence-electron chi connectivity index (χ0n) is 34.2. The van der Waals surface area contributed by atoms with Crippen molar-refractivity contribution >= 4 is 23.5 Å². The van der Waals surface area contributed by atoms with E-state index in [9.17, 15) is 30.0 Å². The number of carbonyl (C=O) groups is 2. The van der Waals surface area contributed by atoms with E-state index in [1.165, 1.54) is 0 Å². The molecular weight excluding hydrogens is 755 g/mol. The molecule has 7 N–H and O–H groups in total. The molecule has 3 unspecified atom stereocenters. The van der Waals surface area contributed by atoms with E-state index in [0.29, 0.717) is 57.2 Å². The van der Waals surface area contributed by atoms with E-state index in [-0.39, 0.29) is 54.5 Å². The van der Waals surface area contributed by atoms with Gasteiger partial charge in [-0.25, -0.2) is 0 Å². The number of aromatic amines is 2. The molecule has 0 saturated heterocycles. The number of aryl methyl sites for hydroxylation is 3. The molecule has 2 aromatic heterocycles. The summed E-state index contributed by atoms with van der Waals surface area (Å²) in [6, 6.07) is 21.3. The Kier molecular flexibility index (Phi) is 12.9. The maximum absolute atomic E-state index is 14.6. The minimum Gasteiger partial charge on any atom is -0.508 e. The molecule has 1 fully saturated rings. The summed E-state index contributed by atoms with van der Waals surface area (Å²) in [5.41, 5.74) is 9.56. The highest BCUT2D eigenvalue weighted by Gasteiger charge is 2.38. The van der Waals surface area contributed by atoms with Crippen LogP contribution in [0.25, 0.3) is 6.08 Å². The molecule has 8 rings (SSSR count). The van der Waals surface area contributed by atoms with E-state index in [2.05, 4.69) is 39.6 Å². The van der Waals surface area contributed by atoms with Gasteiger partial charge in [0.2, 0.25) is 0 Å². The van der Waals surface area contributed by atoms with Crippen LogP contribution in [0.4, 0.5) is 5.82 Å². The summed E-state index contributed by atoms with van der Waals surface area (Å²) in [5.74, 6) is 0.237. The monoisotopic (exact) mass is 811 g/mol. The van der Waals surface area contributed by atoms with Crippen molar-refractivity contribution < 1.29 is 34.8 Å². The summed E-state index contributed by atoms with van der Waals surface area (Å²) >= 11 is 0. The molecule has 5 aromatic rings. The normalized spacial score (nSPS) is 19.2. The maximum atomic E-state index is 14.6. The molecule has 1 saturated carbocycles. The van der Waals surface area contributed by atoms with Gasteiger partial charge in [0.05, 0.1) is 18.6 Å². The number of hydrogen-bond acceptors (Lipinski definition) is 8. The van der Waals surface area contributed by atoms with E-state index in [1.807, 2.05) is 42.7 Å². The van der Waals surface area contributed by atoms with Gasteiger partial charge >= 0.3 is 0 Å². The van der Waals surface area contributed by atoms with Gasteiger partial charge in [-0.05, 0) is 145 Å². The molecule has 3 aliphatic rings. The second-order valence-electron chi connectivity index (χ2n) is 17.1. The number of rotatable bonds is 10. The van der Waals surface area contributed by atoms with Gasteiger partial charge in [0.25, 0.3) is 0 Å². The number of aliphatic hydroxyl groups excluding tert-OH is 2. The van der Waals surface area contributed by atoms with Gasteiger partial charge in [-0.1, -0.05) is 36.4 Å². The predicted molar refractivity (Wildman–Crippen MR) is 233 cm³/mol. The number of H-pyrrole nitrogens is 2. The van der Waals surface area contributed by atoms with Crippen LogP contribution >= 0.6 is 0 Å². The number of aromatic hydroxyl groups is 2. The number of aromatic nitrogens is 2. The second-order valence-corrected chi connectivity index (χ2v) is 17.1. The first-order valence-electron chi connectivity index (χ1n) is 21.7. The zero-order valence-corrected chi connectivity index (χ0v) is 34.2. The number of Topliss-reactive ketones (excluding diaryl/α,β-unsaturated/α-hetero) is 2. The van der Waals surface area contributed by atoms with Crippen LogP contribution in [-0.2, 0) is 41.7 Å². The Morgan fingerprint density at radius 3 is 2.48 bits per heavy atom. The molecular formula is C50H57N3O7.